The first-order valence-electron chi connectivity index (χ1n) is 11.7. The van der Waals surface area contributed by atoms with Gasteiger partial charge in [-0.05, 0) is 36.8 Å². The van der Waals surface area contributed by atoms with Crippen LogP contribution in [0.3, 0.4) is 0 Å². The number of anilines is 1. The summed E-state index contributed by atoms with van der Waals surface area (Å²) >= 11 is 4.90. The Balaban J connectivity index is 1.72. The fraction of sp³-hybridized carbons (Fsp3) is 0.333. The van der Waals surface area contributed by atoms with Gasteiger partial charge in [-0.3, -0.25) is 20.2 Å². The zero-order valence-corrected chi connectivity index (χ0v) is 21.3. The van der Waals surface area contributed by atoms with E-state index in [0.717, 1.165) is 17.4 Å². The van der Waals surface area contributed by atoms with E-state index in [2.05, 4.69) is 21.3 Å². The lowest BCUT2D eigenvalue weighted by Crippen LogP contribution is -2.46. The van der Waals surface area contributed by atoms with Gasteiger partial charge in [-0.1, -0.05) is 50.1 Å². The maximum atomic E-state index is 13.1. The monoisotopic (exact) mass is 574 g/mol. The first kappa shape index (κ1) is 29.7. The standard InChI is InChI=1S/C24H24F6N6O2S/c1-2-3-7-10-36-22(38)35(20(34-36)15-8-5-4-6-9-15)14-19(37)32-33-21(39)31-18-12-16(23(25,26)27)11-17(13-18)24(28,29)30/h4-6,8-9,11-13H,2-3,7,10,14H2,1H3,(H,32,37)(H2,31,33,39). The zero-order chi connectivity index (χ0) is 28.8. The van der Waals surface area contributed by atoms with Crippen LogP contribution in [-0.4, -0.2) is 25.4 Å². The topological polar surface area (TPSA) is 93.0 Å². The fourth-order valence-corrected chi connectivity index (χ4v) is 3.71. The number of hydrogen-bond donors (Lipinski definition) is 3. The maximum absolute atomic E-state index is 13.1. The molecule has 0 aliphatic carbocycles. The molecule has 3 N–H and O–H groups in total. The molecule has 0 aliphatic heterocycles. The van der Waals surface area contributed by atoms with Crippen molar-refractivity contribution in [2.75, 3.05) is 5.32 Å². The number of carbonyl (C=O) groups excluding carboxylic acids is 1. The van der Waals surface area contributed by atoms with Crippen molar-refractivity contribution < 1.29 is 31.1 Å². The van der Waals surface area contributed by atoms with Crippen molar-refractivity contribution in [3.05, 3.63) is 70.1 Å². The Kier molecular flexibility index (Phi) is 9.37. The lowest BCUT2D eigenvalue weighted by Gasteiger charge is -2.16. The highest BCUT2D eigenvalue weighted by atomic mass is 32.1. The van der Waals surface area contributed by atoms with E-state index in [0.29, 0.717) is 30.7 Å². The van der Waals surface area contributed by atoms with Crippen molar-refractivity contribution in [1.82, 2.24) is 25.2 Å². The normalized spacial score (nSPS) is 11.8. The molecule has 2 aromatic carbocycles. The number of carbonyl (C=O) groups is 1. The Morgan fingerprint density at radius 3 is 2.13 bits per heavy atom. The van der Waals surface area contributed by atoms with Gasteiger partial charge in [-0.15, -0.1) is 5.10 Å². The third-order valence-electron chi connectivity index (χ3n) is 5.39. The van der Waals surface area contributed by atoms with E-state index in [1.807, 2.05) is 6.92 Å². The molecule has 0 atom stereocenters. The van der Waals surface area contributed by atoms with Crippen LogP contribution in [0.5, 0.6) is 0 Å². The Hall–Kier alpha value is -3.88. The molecular formula is C24H24F6N6O2S. The molecule has 0 saturated carbocycles. The molecule has 0 spiro atoms. The molecular weight excluding hydrogens is 550 g/mol. The fourth-order valence-electron chi connectivity index (χ4n) is 3.54. The summed E-state index contributed by atoms with van der Waals surface area (Å²) in [4.78, 5) is 25.5. The van der Waals surface area contributed by atoms with Crippen LogP contribution in [0.1, 0.15) is 37.3 Å². The van der Waals surface area contributed by atoms with Gasteiger partial charge >= 0.3 is 18.0 Å². The predicted octanol–water partition coefficient (Wildman–Crippen LogP) is 4.96. The van der Waals surface area contributed by atoms with E-state index in [-0.39, 0.29) is 11.9 Å². The number of thiocarbonyl (C=S) groups is 1. The second-order valence-corrected chi connectivity index (χ2v) is 8.82. The molecule has 0 saturated heterocycles. The third kappa shape index (κ3) is 8.05. The van der Waals surface area contributed by atoms with Gasteiger partial charge in [0, 0.05) is 17.8 Å². The van der Waals surface area contributed by atoms with Crippen LogP contribution >= 0.6 is 12.2 Å². The summed E-state index contributed by atoms with van der Waals surface area (Å²) in [5.41, 5.74) is 0.790. The molecule has 8 nitrogen and oxygen atoms in total. The number of benzene rings is 2. The summed E-state index contributed by atoms with van der Waals surface area (Å²) in [5, 5.41) is 6.06. The molecule has 3 rings (SSSR count). The van der Waals surface area contributed by atoms with Crippen molar-refractivity contribution in [3.63, 3.8) is 0 Å². The zero-order valence-electron chi connectivity index (χ0n) is 20.5. The third-order valence-corrected chi connectivity index (χ3v) is 5.60. The van der Waals surface area contributed by atoms with Crippen LogP contribution in [0, 0.1) is 0 Å². The van der Waals surface area contributed by atoms with Crippen molar-refractivity contribution in [1.29, 1.82) is 0 Å². The number of unbranched alkanes of at least 4 members (excludes halogenated alkanes) is 2. The molecule has 15 heteroatoms. The summed E-state index contributed by atoms with van der Waals surface area (Å²) in [6, 6.07) is 9.56. The summed E-state index contributed by atoms with van der Waals surface area (Å²) in [5.74, 6) is -0.525. The highest BCUT2D eigenvalue weighted by molar-refractivity contribution is 7.80. The van der Waals surface area contributed by atoms with E-state index < -0.39 is 52.4 Å². The molecule has 1 amide bonds. The van der Waals surface area contributed by atoms with Crippen LogP contribution in [-0.2, 0) is 30.2 Å². The number of hydrogen-bond acceptors (Lipinski definition) is 4. The van der Waals surface area contributed by atoms with Gasteiger partial charge in [0.15, 0.2) is 10.9 Å². The number of rotatable bonds is 8. The van der Waals surface area contributed by atoms with Crippen molar-refractivity contribution in [2.45, 2.75) is 51.6 Å². The Labute approximate surface area is 224 Å². The molecule has 0 unspecified atom stereocenters. The van der Waals surface area contributed by atoms with E-state index in [9.17, 15) is 35.9 Å². The molecule has 39 heavy (non-hydrogen) atoms. The maximum Gasteiger partial charge on any atom is 0.416 e. The number of alkyl halides is 6. The number of halogens is 6. The first-order valence-corrected chi connectivity index (χ1v) is 12.1. The van der Waals surface area contributed by atoms with Crippen LogP contribution in [0.4, 0.5) is 32.0 Å². The van der Waals surface area contributed by atoms with Crippen LogP contribution in [0.2, 0.25) is 0 Å². The number of hydrazine groups is 1. The Morgan fingerprint density at radius 2 is 1.56 bits per heavy atom. The van der Waals surface area contributed by atoms with Crippen molar-refractivity contribution >= 4 is 28.9 Å². The number of aryl methyl sites for hydroxylation is 1. The molecule has 0 fully saturated rings. The number of nitrogens with zero attached hydrogens (tertiary/aromatic N) is 3. The Bertz CT molecular complexity index is 1340. The highest BCUT2D eigenvalue weighted by Crippen LogP contribution is 2.37. The minimum Gasteiger partial charge on any atom is -0.331 e. The first-order chi connectivity index (χ1) is 18.3. The quantitative estimate of drug-likeness (QED) is 0.153. The Morgan fingerprint density at radius 1 is 0.949 bits per heavy atom. The second-order valence-electron chi connectivity index (χ2n) is 8.41. The smallest absolute Gasteiger partial charge is 0.331 e. The van der Waals surface area contributed by atoms with E-state index in [1.165, 1.54) is 4.68 Å². The van der Waals surface area contributed by atoms with Gasteiger partial charge in [0.2, 0.25) is 0 Å². The average Bonchev–Trinajstić information content (AvgIpc) is 3.17. The summed E-state index contributed by atoms with van der Waals surface area (Å²) in [6.45, 7) is 1.87. The molecule has 1 heterocycles. The van der Waals surface area contributed by atoms with Crippen LogP contribution in [0.25, 0.3) is 11.4 Å². The SMILES string of the molecule is CCCCCn1nc(-c2ccccc2)n(CC(=O)NNC(=S)Nc2cc(C(F)(F)F)cc(C(F)(F)F)c2)c1=O. The number of amides is 1. The largest absolute Gasteiger partial charge is 0.416 e. The average molecular weight is 575 g/mol. The molecule has 0 bridgehead atoms. The summed E-state index contributed by atoms with van der Waals surface area (Å²) in [7, 11) is 0. The number of aromatic nitrogens is 3. The lowest BCUT2D eigenvalue weighted by molar-refractivity contribution is -0.143. The van der Waals surface area contributed by atoms with Crippen LogP contribution < -0.4 is 21.9 Å². The number of nitrogens with one attached hydrogen (secondary N) is 3. The second kappa shape index (κ2) is 12.3. The molecule has 210 valence electrons. The minimum absolute atomic E-state index is 0.0199. The van der Waals surface area contributed by atoms with E-state index in [1.54, 1.807) is 30.3 Å². The van der Waals surface area contributed by atoms with E-state index >= 15 is 0 Å². The van der Waals surface area contributed by atoms with Crippen LogP contribution in [0.15, 0.2) is 53.3 Å². The van der Waals surface area contributed by atoms with Gasteiger partial charge in [-0.2, -0.15) is 26.3 Å². The molecule has 3 aromatic rings. The van der Waals surface area contributed by atoms with Crippen molar-refractivity contribution in [2.24, 2.45) is 0 Å². The molecule has 0 radical (unpaired) electrons. The summed E-state index contributed by atoms with van der Waals surface area (Å²) < 4.78 is 80.9. The molecule has 1 aromatic heterocycles. The minimum atomic E-state index is -5.04. The van der Waals surface area contributed by atoms with Crippen molar-refractivity contribution in [3.8, 4) is 11.4 Å². The lowest BCUT2D eigenvalue weighted by atomic mass is 10.1. The van der Waals surface area contributed by atoms with Gasteiger partial charge in [0.1, 0.15) is 6.54 Å². The van der Waals surface area contributed by atoms with Gasteiger partial charge < -0.3 is 5.32 Å². The van der Waals surface area contributed by atoms with Gasteiger partial charge in [0.25, 0.3) is 5.91 Å². The van der Waals surface area contributed by atoms with Gasteiger partial charge in [-0.25, -0.2) is 9.48 Å². The van der Waals surface area contributed by atoms with Gasteiger partial charge in [0.05, 0.1) is 11.1 Å². The summed E-state index contributed by atoms with van der Waals surface area (Å²) in [6.07, 6.45) is -7.55. The van der Waals surface area contributed by atoms with E-state index in [4.69, 9.17) is 12.2 Å². The molecule has 0 aliphatic rings. The predicted molar refractivity (Wildman–Crippen MR) is 135 cm³/mol. The highest BCUT2D eigenvalue weighted by Gasteiger charge is 2.37.